The number of carboxylic acid groups (broad SMARTS) is 1. The molecule has 82 valence electrons. The Bertz CT molecular complexity index is 179. The second kappa shape index (κ2) is 5.98. The highest BCUT2D eigenvalue weighted by Crippen LogP contribution is 2.07. The Morgan fingerprint density at radius 3 is 2.71 bits per heavy atom. The van der Waals surface area contributed by atoms with Crippen LogP contribution < -0.4 is 5.32 Å². The number of nitrogens with one attached hydrogen (secondary N) is 1. The number of aliphatic carboxylic acids is 1. The predicted octanol–water partition coefficient (Wildman–Crippen LogP) is 0.535. The fourth-order valence-electron chi connectivity index (χ4n) is 1.84. The van der Waals surface area contributed by atoms with Gasteiger partial charge in [0.2, 0.25) is 0 Å². The smallest absolute Gasteiger partial charge is 0.304 e. The van der Waals surface area contributed by atoms with E-state index in [1.807, 2.05) is 0 Å². The first-order valence-corrected chi connectivity index (χ1v) is 5.36. The molecule has 0 aromatic heterocycles. The molecule has 1 saturated heterocycles. The molecular weight excluding hydrogens is 180 g/mol. The van der Waals surface area contributed by atoms with Crippen LogP contribution in [0.5, 0.6) is 0 Å². The summed E-state index contributed by atoms with van der Waals surface area (Å²) in [5.41, 5.74) is 0. The van der Waals surface area contributed by atoms with Crippen LogP contribution in [0.2, 0.25) is 0 Å². The van der Waals surface area contributed by atoms with E-state index in [4.69, 9.17) is 5.11 Å². The molecule has 1 aliphatic heterocycles. The highest BCUT2D eigenvalue weighted by Gasteiger charge is 2.13. The van der Waals surface area contributed by atoms with Crippen molar-refractivity contribution in [3.63, 3.8) is 0 Å². The number of carbonyl (C=O) groups is 1. The second-order valence-electron chi connectivity index (χ2n) is 4.01. The summed E-state index contributed by atoms with van der Waals surface area (Å²) in [6, 6.07) is 0.396. The Labute approximate surface area is 85.3 Å². The van der Waals surface area contributed by atoms with Gasteiger partial charge >= 0.3 is 5.97 Å². The number of rotatable bonds is 6. The minimum atomic E-state index is -0.731. The molecular formula is C10H20N2O2. The third kappa shape index (κ3) is 4.58. The molecule has 0 amide bonds. The second-order valence-corrected chi connectivity index (χ2v) is 4.01. The van der Waals surface area contributed by atoms with Gasteiger partial charge < -0.3 is 15.3 Å². The summed E-state index contributed by atoms with van der Waals surface area (Å²) in [6.07, 6.45) is 2.83. The largest absolute Gasteiger partial charge is 0.481 e. The van der Waals surface area contributed by atoms with E-state index in [1.54, 1.807) is 0 Å². The van der Waals surface area contributed by atoms with E-state index < -0.39 is 5.97 Å². The maximum atomic E-state index is 10.3. The zero-order valence-corrected chi connectivity index (χ0v) is 8.83. The van der Waals surface area contributed by atoms with Crippen LogP contribution in [0.1, 0.15) is 26.2 Å². The van der Waals surface area contributed by atoms with Crippen molar-refractivity contribution in [1.82, 2.24) is 10.2 Å². The summed E-state index contributed by atoms with van der Waals surface area (Å²) < 4.78 is 0. The molecule has 0 radical (unpaired) electrons. The maximum absolute atomic E-state index is 10.3. The molecule has 0 aromatic carbocycles. The van der Waals surface area contributed by atoms with E-state index in [0.29, 0.717) is 12.6 Å². The summed E-state index contributed by atoms with van der Waals surface area (Å²) in [5, 5.41) is 11.7. The van der Waals surface area contributed by atoms with Gasteiger partial charge in [-0.15, -0.1) is 0 Å². The zero-order chi connectivity index (χ0) is 10.4. The topological polar surface area (TPSA) is 52.6 Å². The molecule has 1 unspecified atom stereocenters. The minimum Gasteiger partial charge on any atom is -0.481 e. The Balaban J connectivity index is 2.03. The lowest BCUT2D eigenvalue weighted by molar-refractivity contribution is -0.136. The van der Waals surface area contributed by atoms with Crippen LogP contribution in [0.3, 0.4) is 0 Å². The molecule has 4 nitrogen and oxygen atoms in total. The van der Waals surface area contributed by atoms with E-state index in [0.717, 1.165) is 6.54 Å². The minimum absolute atomic E-state index is 0.213. The fourth-order valence-corrected chi connectivity index (χ4v) is 1.84. The van der Waals surface area contributed by atoms with Crippen LogP contribution in [0, 0.1) is 0 Å². The first kappa shape index (κ1) is 11.5. The van der Waals surface area contributed by atoms with E-state index in [9.17, 15) is 4.79 Å². The summed E-state index contributed by atoms with van der Waals surface area (Å²) in [6.45, 7) is 6.13. The third-order valence-electron chi connectivity index (χ3n) is 2.56. The molecule has 4 heteroatoms. The van der Waals surface area contributed by atoms with Gasteiger partial charge in [0.15, 0.2) is 0 Å². The van der Waals surface area contributed by atoms with Crippen molar-refractivity contribution in [3.05, 3.63) is 0 Å². The van der Waals surface area contributed by atoms with E-state index in [-0.39, 0.29) is 6.42 Å². The first-order chi connectivity index (χ1) is 6.68. The van der Waals surface area contributed by atoms with Gasteiger partial charge in [0.25, 0.3) is 0 Å². The maximum Gasteiger partial charge on any atom is 0.304 e. The number of hydrogen-bond acceptors (Lipinski definition) is 3. The molecule has 0 aliphatic carbocycles. The molecule has 1 fully saturated rings. The predicted molar refractivity (Wildman–Crippen MR) is 55.4 cm³/mol. The fraction of sp³-hybridized carbons (Fsp3) is 0.900. The monoisotopic (exact) mass is 200 g/mol. The van der Waals surface area contributed by atoms with E-state index in [1.165, 1.54) is 25.9 Å². The van der Waals surface area contributed by atoms with Crippen molar-refractivity contribution in [1.29, 1.82) is 0 Å². The molecule has 1 rings (SSSR count). The number of hydrogen-bond donors (Lipinski definition) is 2. The van der Waals surface area contributed by atoms with Gasteiger partial charge in [-0.3, -0.25) is 4.79 Å². The van der Waals surface area contributed by atoms with Crippen molar-refractivity contribution in [2.75, 3.05) is 26.2 Å². The van der Waals surface area contributed by atoms with Crippen LogP contribution in [-0.2, 0) is 4.79 Å². The SMILES string of the molecule is CC(CN1CCCC1)NCCC(=O)O. The van der Waals surface area contributed by atoms with Gasteiger partial charge in [0.1, 0.15) is 0 Å². The Hall–Kier alpha value is -0.610. The van der Waals surface area contributed by atoms with Gasteiger partial charge in [-0.2, -0.15) is 0 Å². The Morgan fingerprint density at radius 1 is 1.50 bits per heavy atom. The highest BCUT2D eigenvalue weighted by atomic mass is 16.4. The van der Waals surface area contributed by atoms with Gasteiger partial charge in [0, 0.05) is 19.1 Å². The van der Waals surface area contributed by atoms with Crippen LogP contribution in [0.15, 0.2) is 0 Å². The van der Waals surface area contributed by atoms with Crippen molar-refractivity contribution < 1.29 is 9.90 Å². The standard InChI is InChI=1S/C10H20N2O2/c1-9(11-5-4-10(13)14)8-12-6-2-3-7-12/h9,11H,2-8H2,1H3,(H,13,14). The molecule has 1 heterocycles. The summed E-state index contributed by atoms with van der Waals surface area (Å²) >= 11 is 0. The van der Waals surface area contributed by atoms with Crippen molar-refractivity contribution in [2.45, 2.75) is 32.2 Å². The summed E-state index contributed by atoms with van der Waals surface area (Å²) in [4.78, 5) is 12.7. The average molecular weight is 200 g/mol. The molecule has 0 saturated carbocycles. The van der Waals surface area contributed by atoms with Crippen molar-refractivity contribution in [2.24, 2.45) is 0 Å². The van der Waals surface area contributed by atoms with Gasteiger partial charge in [0.05, 0.1) is 6.42 Å². The molecule has 1 aliphatic rings. The van der Waals surface area contributed by atoms with Gasteiger partial charge in [-0.25, -0.2) is 0 Å². The van der Waals surface area contributed by atoms with Gasteiger partial charge in [-0.05, 0) is 32.9 Å². The highest BCUT2D eigenvalue weighted by molar-refractivity contribution is 5.66. The zero-order valence-electron chi connectivity index (χ0n) is 8.83. The van der Waals surface area contributed by atoms with Crippen LogP contribution in [0.25, 0.3) is 0 Å². The Kier molecular flexibility index (Phi) is 4.90. The van der Waals surface area contributed by atoms with E-state index >= 15 is 0 Å². The number of nitrogens with zero attached hydrogens (tertiary/aromatic N) is 1. The molecule has 1 atom stereocenters. The number of carboxylic acids is 1. The quantitative estimate of drug-likeness (QED) is 0.657. The summed E-state index contributed by atoms with van der Waals surface area (Å²) in [5.74, 6) is -0.731. The van der Waals surface area contributed by atoms with Gasteiger partial charge in [-0.1, -0.05) is 0 Å². The van der Waals surface area contributed by atoms with Crippen LogP contribution in [0.4, 0.5) is 0 Å². The molecule has 0 spiro atoms. The van der Waals surface area contributed by atoms with Crippen LogP contribution >= 0.6 is 0 Å². The lowest BCUT2D eigenvalue weighted by Gasteiger charge is -2.20. The Morgan fingerprint density at radius 2 is 2.14 bits per heavy atom. The number of likely N-dealkylation sites (tertiary alicyclic amines) is 1. The lowest BCUT2D eigenvalue weighted by atomic mass is 10.3. The average Bonchev–Trinajstić information content (AvgIpc) is 2.56. The third-order valence-corrected chi connectivity index (χ3v) is 2.56. The lowest BCUT2D eigenvalue weighted by Crippen LogP contribution is -2.38. The van der Waals surface area contributed by atoms with E-state index in [2.05, 4.69) is 17.1 Å². The van der Waals surface area contributed by atoms with Crippen LogP contribution in [-0.4, -0.2) is 48.2 Å². The van der Waals surface area contributed by atoms with Crippen molar-refractivity contribution >= 4 is 5.97 Å². The normalized spacial score (nSPS) is 19.8. The molecule has 14 heavy (non-hydrogen) atoms. The molecule has 2 N–H and O–H groups in total. The van der Waals surface area contributed by atoms with Crippen molar-refractivity contribution in [3.8, 4) is 0 Å². The summed E-state index contributed by atoms with van der Waals surface area (Å²) in [7, 11) is 0. The molecule has 0 bridgehead atoms. The first-order valence-electron chi connectivity index (χ1n) is 5.36. The molecule has 0 aromatic rings.